The average molecular weight is 583 g/mol. The topological polar surface area (TPSA) is 17.1 Å². The SMILES string of the molecule is O=C1C2C3=C(Cc4ccccc43)C3c4ccccc4-c4cc5cc6c7c(c5c2c43)C1C1=C(Cc2ccccc21)C7c1ccccc1-6. The van der Waals surface area contributed by atoms with Crippen molar-refractivity contribution < 1.29 is 4.79 Å². The van der Waals surface area contributed by atoms with E-state index in [1.165, 1.54) is 111 Å². The number of benzene rings is 6. The van der Waals surface area contributed by atoms with Gasteiger partial charge in [0.25, 0.3) is 0 Å². The Morgan fingerprint density at radius 3 is 1.37 bits per heavy atom. The molecule has 0 radical (unpaired) electrons. The van der Waals surface area contributed by atoms with Crippen LogP contribution in [0.5, 0.6) is 0 Å². The molecule has 1 heteroatoms. The van der Waals surface area contributed by atoms with Gasteiger partial charge >= 0.3 is 0 Å². The predicted molar refractivity (Wildman–Crippen MR) is 183 cm³/mol. The van der Waals surface area contributed by atoms with Crippen LogP contribution in [0.2, 0.25) is 0 Å². The summed E-state index contributed by atoms with van der Waals surface area (Å²) in [6.07, 6.45) is 1.86. The van der Waals surface area contributed by atoms with Crippen molar-refractivity contribution in [3.05, 3.63) is 176 Å². The van der Waals surface area contributed by atoms with E-state index in [9.17, 15) is 0 Å². The summed E-state index contributed by atoms with van der Waals surface area (Å²) in [4.78, 5) is 15.8. The van der Waals surface area contributed by atoms with E-state index < -0.39 is 0 Å². The van der Waals surface area contributed by atoms with Crippen molar-refractivity contribution in [1.29, 1.82) is 0 Å². The molecule has 1 nitrogen and oxygen atoms in total. The summed E-state index contributed by atoms with van der Waals surface area (Å²) >= 11 is 0. The number of rotatable bonds is 0. The van der Waals surface area contributed by atoms with Gasteiger partial charge in [-0.05, 0) is 136 Å². The van der Waals surface area contributed by atoms with Crippen LogP contribution >= 0.6 is 0 Å². The van der Waals surface area contributed by atoms with Gasteiger partial charge in [-0.2, -0.15) is 0 Å². The fourth-order valence-electron chi connectivity index (χ4n) is 11.4. The molecular weight excluding hydrogens is 556 g/mol. The lowest BCUT2D eigenvalue weighted by Crippen LogP contribution is -2.34. The predicted octanol–water partition coefficient (Wildman–Crippen LogP) is 9.86. The molecule has 0 saturated heterocycles. The molecule has 0 heterocycles. The number of allylic oxidation sites excluding steroid dienone is 4. The van der Waals surface area contributed by atoms with E-state index in [2.05, 4.69) is 109 Å². The van der Waals surface area contributed by atoms with Crippen LogP contribution in [-0.2, 0) is 17.6 Å². The molecule has 0 aliphatic heterocycles. The number of carbonyl (C=O) groups excluding carboxylic acids is 1. The second-order valence-electron chi connectivity index (χ2n) is 14.5. The third kappa shape index (κ3) is 2.30. The van der Waals surface area contributed by atoms with Gasteiger partial charge in [0.2, 0.25) is 0 Å². The number of ketones is 1. The fraction of sp³-hybridized carbons (Fsp3) is 0.133. The maximum Gasteiger partial charge on any atom is 0.156 e. The van der Waals surface area contributed by atoms with Crippen LogP contribution in [-0.4, -0.2) is 5.78 Å². The van der Waals surface area contributed by atoms with Gasteiger partial charge < -0.3 is 0 Å². The molecule has 212 valence electrons. The van der Waals surface area contributed by atoms with Crippen LogP contribution in [0.1, 0.15) is 79.3 Å². The highest BCUT2D eigenvalue weighted by molar-refractivity contribution is 6.22. The van der Waals surface area contributed by atoms with Gasteiger partial charge in [-0.15, -0.1) is 0 Å². The summed E-state index contributed by atoms with van der Waals surface area (Å²) in [5, 5.41) is 2.69. The van der Waals surface area contributed by atoms with E-state index in [-0.39, 0.29) is 23.7 Å². The Hall–Kier alpha value is -5.27. The Kier molecular flexibility index (Phi) is 3.72. The summed E-state index contributed by atoms with van der Waals surface area (Å²) in [6, 6.07) is 41.0. The first kappa shape index (κ1) is 23.1. The normalized spacial score (nSPS) is 23.8. The van der Waals surface area contributed by atoms with E-state index in [1.807, 2.05) is 0 Å². The van der Waals surface area contributed by atoms with Gasteiger partial charge in [0, 0.05) is 11.8 Å². The van der Waals surface area contributed by atoms with Crippen LogP contribution < -0.4 is 0 Å². The van der Waals surface area contributed by atoms with Crippen molar-refractivity contribution in [2.75, 3.05) is 0 Å². The lowest BCUT2D eigenvalue weighted by atomic mass is 9.58. The second-order valence-corrected chi connectivity index (χ2v) is 14.5. The van der Waals surface area contributed by atoms with E-state index >= 15 is 4.79 Å². The first-order valence-electron chi connectivity index (χ1n) is 16.8. The summed E-state index contributed by atoms with van der Waals surface area (Å²) in [5.41, 5.74) is 24.6. The molecule has 6 aromatic carbocycles. The molecule has 6 aromatic rings. The van der Waals surface area contributed by atoms with Gasteiger partial charge in [0.1, 0.15) is 0 Å². The molecule has 4 atom stereocenters. The Morgan fingerprint density at radius 2 is 0.870 bits per heavy atom. The number of hydrogen-bond acceptors (Lipinski definition) is 1. The number of Topliss-reactive ketones (excluding diaryl/α,β-unsaturated/α-hetero) is 1. The Morgan fingerprint density at radius 1 is 0.435 bits per heavy atom. The first-order chi connectivity index (χ1) is 22.8. The van der Waals surface area contributed by atoms with Gasteiger partial charge in [0.05, 0.1) is 11.8 Å². The van der Waals surface area contributed by atoms with Gasteiger partial charge in [-0.3, -0.25) is 4.79 Å². The summed E-state index contributed by atoms with van der Waals surface area (Å²) in [6.45, 7) is 0. The smallest absolute Gasteiger partial charge is 0.156 e. The molecule has 0 spiro atoms. The van der Waals surface area contributed by atoms with Crippen molar-refractivity contribution in [3.63, 3.8) is 0 Å². The molecule has 4 unspecified atom stereocenters. The van der Waals surface area contributed by atoms with Gasteiger partial charge in [-0.25, -0.2) is 0 Å². The Bertz CT molecular complexity index is 2450. The summed E-state index contributed by atoms with van der Waals surface area (Å²) in [5.74, 6) is 0.353. The second kappa shape index (κ2) is 7.40. The van der Waals surface area contributed by atoms with E-state index in [0.717, 1.165) is 12.8 Å². The molecule has 0 N–H and O–H groups in total. The zero-order chi connectivity index (χ0) is 29.6. The van der Waals surface area contributed by atoms with E-state index in [1.54, 1.807) is 0 Å². The average Bonchev–Trinajstić information content (AvgIpc) is 3.84. The Labute approximate surface area is 266 Å². The molecule has 7 aliphatic rings. The van der Waals surface area contributed by atoms with E-state index in [4.69, 9.17) is 0 Å². The lowest BCUT2D eigenvalue weighted by Gasteiger charge is -2.43. The minimum atomic E-state index is -0.237. The van der Waals surface area contributed by atoms with Crippen LogP contribution in [0.4, 0.5) is 0 Å². The number of carbonyl (C=O) groups is 1. The van der Waals surface area contributed by atoms with Crippen LogP contribution in [0, 0.1) is 0 Å². The summed E-state index contributed by atoms with van der Waals surface area (Å²) in [7, 11) is 0. The van der Waals surface area contributed by atoms with Crippen molar-refractivity contribution in [1.82, 2.24) is 0 Å². The molecule has 0 fully saturated rings. The molecule has 0 aromatic heterocycles. The highest BCUT2D eigenvalue weighted by atomic mass is 16.1. The monoisotopic (exact) mass is 582 g/mol. The largest absolute Gasteiger partial charge is 0.298 e. The molecular formula is C45H26O. The van der Waals surface area contributed by atoms with Gasteiger partial charge in [0.15, 0.2) is 5.78 Å². The van der Waals surface area contributed by atoms with E-state index in [0.29, 0.717) is 5.78 Å². The zero-order valence-electron chi connectivity index (χ0n) is 25.0. The maximum absolute atomic E-state index is 15.8. The number of fused-ring (bicyclic) bond motifs is 14. The van der Waals surface area contributed by atoms with Crippen LogP contribution in [0.15, 0.2) is 120 Å². The number of hydrogen-bond donors (Lipinski definition) is 0. The minimum absolute atomic E-state index is 0.215. The highest BCUT2D eigenvalue weighted by Gasteiger charge is 2.56. The van der Waals surface area contributed by atoms with Crippen molar-refractivity contribution in [2.45, 2.75) is 36.5 Å². The molecule has 46 heavy (non-hydrogen) atoms. The molecule has 0 bridgehead atoms. The Balaban J connectivity index is 1.25. The molecule has 0 saturated carbocycles. The lowest BCUT2D eigenvalue weighted by molar-refractivity contribution is -0.119. The van der Waals surface area contributed by atoms with Gasteiger partial charge in [-0.1, -0.05) is 97.1 Å². The van der Waals surface area contributed by atoms with Crippen LogP contribution in [0.3, 0.4) is 0 Å². The van der Waals surface area contributed by atoms with Crippen molar-refractivity contribution in [2.24, 2.45) is 0 Å². The minimum Gasteiger partial charge on any atom is -0.298 e. The fourth-order valence-corrected chi connectivity index (χ4v) is 11.4. The maximum atomic E-state index is 15.8. The highest BCUT2D eigenvalue weighted by Crippen LogP contribution is 2.69. The first-order valence-corrected chi connectivity index (χ1v) is 16.8. The quantitative estimate of drug-likeness (QED) is 0.174. The zero-order valence-corrected chi connectivity index (χ0v) is 25.0. The third-order valence-electron chi connectivity index (χ3n) is 12.8. The van der Waals surface area contributed by atoms with Crippen LogP contribution in [0.25, 0.3) is 44.2 Å². The molecule has 0 amide bonds. The van der Waals surface area contributed by atoms with Crippen molar-refractivity contribution in [3.8, 4) is 22.3 Å². The summed E-state index contributed by atoms with van der Waals surface area (Å²) < 4.78 is 0. The molecule has 13 rings (SSSR count). The van der Waals surface area contributed by atoms with Crippen molar-refractivity contribution >= 4 is 27.7 Å². The standard InChI is InChI=1S/C45H26O/c46-45-43-35-24-11-3-1-9-21(24)17-32(35)37-28-15-7-5-13-26(28)30-19-23-20-31-27-14-6-8-16-29(27)38-33-18-22-10-2-4-12-25(22)36(33)44(45)42(40(31)38)34(23)41(43)39(30)37/h1-16,19-20,37-38,43-44H,17-18H2. The third-order valence-corrected chi connectivity index (χ3v) is 12.8. The molecule has 7 aliphatic carbocycles.